The largest absolute Gasteiger partial charge is 0.496 e. The van der Waals surface area contributed by atoms with Crippen LogP contribution >= 0.6 is 23.2 Å². The first-order chi connectivity index (χ1) is 21.4. The van der Waals surface area contributed by atoms with E-state index in [9.17, 15) is 26.8 Å². The van der Waals surface area contributed by atoms with E-state index in [1.165, 1.54) is 62.8 Å². The van der Waals surface area contributed by atoms with E-state index in [-0.39, 0.29) is 51.7 Å². The minimum Gasteiger partial charge on any atom is -0.496 e. The number of aromatic nitrogens is 1. The number of methoxy groups -OCH3 is 1. The van der Waals surface area contributed by atoms with Gasteiger partial charge in [0.05, 0.1) is 28.7 Å². The number of nitrogens with zero attached hydrogens (tertiary/aromatic N) is 1. The highest BCUT2D eigenvalue weighted by Crippen LogP contribution is 2.38. The van der Waals surface area contributed by atoms with Gasteiger partial charge >= 0.3 is 12.6 Å². The van der Waals surface area contributed by atoms with Crippen molar-refractivity contribution in [2.24, 2.45) is 5.92 Å². The van der Waals surface area contributed by atoms with Crippen LogP contribution < -0.4 is 18.9 Å². The Hall–Kier alpha value is -3.52. The van der Waals surface area contributed by atoms with E-state index in [0.717, 1.165) is 12.8 Å². The third-order valence-electron chi connectivity index (χ3n) is 6.75. The smallest absolute Gasteiger partial charge is 0.387 e. The maximum atomic E-state index is 13.1. The highest BCUT2D eigenvalue weighted by Gasteiger charge is 2.27. The number of alkyl halides is 2. The van der Waals surface area contributed by atoms with Gasteiger partial charge < -0.3 is 18.9 Å². The van der Waals surface area contributed by atoms with E-state index in [4.69, 9.17) is 37.4 Å². The standard InChI is InChI=1S/C30H30Cl2F2N2O8S/c1-17(37)9-20-10-21(6-8-25(20)41-2)45(39,40)36-15-29(38)43-27(12-22-23(31)13-35-14-24(22)32)19-5-7-26(44-30(33)34)28(11-19)42-16-18-3-4-18/h5-8,10-11,13-14,18,27,30,36H,3-4,9,12,15-16H2,1-2H3/t27-/m0/s1. The molecule has 0 radical (unpaired) electrons. The fourth-order valence-electron chi connectivity index (χ4n) is 4.34. The third kappa shape index (κ3) is 9.73. The van der Waals surface area contributed by atoms with Crippen molar-refractivity contribution >= 4 is 45.0 Å². The van der Waals surface area contributed by atoms with Crippen LogP contribution in [0.25, 0.3) is 0 Å². The van der Waals surface area contributed by atoms with Crippen LogP contribution in [0.2, 0.25) is 10.0 Å². The van der Waals surface area contributed by atoms with Crippen molar-refractivity contribution in [3.8, 4) is 17.2 Å². The molecule has 15 heteroatoms. The Morgan fingerprint density at radius 1 is 1.04 bits per heavy atom. The van der Waals surface area contributed by atoms with Crippen LogP contribution in [-0.4, -0.2) is 52.0 Å². The highest BCUT2D eigenvalue weighted by molar-refractivity contribution is 7.89. The number of carbonyl (C=O) groups excluding carboxylic acids is 2. The van der Waals surface area contributed by atoms with Gasteiger partial charge in [-0.25, -0.2) is 8.42 Å². The number of nitrogens with one attached hydrogen (secondary N) is 1. The second kappa shape index (κ2) is 15.2. The predicted molar refractivity (Wildman–Crippen MR) is 161 cm³/mol. The van der Waals surface area contributed by atoms with Crippen molar-refractivity contribution in [1.29, 1.82) is 0 Å². The number of sulfonamides is 1. The van der Waals surface area contributed by atoms with Gasteiger partial charge in [-0.2, -0.15) is 13.5 Å². The SMILES string of the molecule is COc1ccc(S(=O)(=O)NCC(=O)O[C@@H](Cc2c(Cl)cncc2Cl)c2ccc(OC(F)F)c(OCC3CC3)c2)cc1CC(C)=O. The molecular weight excluding hydrogens is 657 g/mol. The zero-order valence-electron chi connectivity index (χ0n) is 24.2. The maximum Gasteiger partial charge on any atom is 0.387 e. The van der Waals surface area contributed by atoms with Crippen molar-refractivity contribution < 1.29 is 45.7 Å². The maximum absolute atomic E-state index is 13.1. The molecule has 1 fully saturated rings. The molecule has 0 unspecified atom stereocenters. The van der Waals surface area contributed by atoms with Crippen LogP contribution in [0.3, 0.4) is 0 Å². The number of pyridine rings is 1. The van der Waals surface area contributed by atoms with Crippen LogP contribution in [0.15, 0.2) is 53.7 Å². The number of ether oxygens (including phenoxy) is 4. The minimum atomic E-state index is -4.22. The molecule has 4 rings (SSSR count). The zero-order chi connectivity index (χ0) is 32.7. The van der Waals surface area contributed by atoms with Crippen LogP contribution in [0, 0.1) is 5.92 Å². The Bertz CT molecular complexity index is 1630. The number of esters is 1. The monoisotopic (exact) mass is 686 g/mol. The van der Waals surface area contributed by atoms with Crippen LogP contribution in [0.5, 0.6) is 17.2 Å². The molecule has 0 aliphatic heterocycles. The van der Waals surface area contributed by atoms with Crippen molar-refractivity contribution in [2.45, 2.75) is 50.2 Å². The Morgan fingerprint density at radius 2 is 1.73 bits per heavy atom. The summed E-state index contributed by atoms with van der Waals surface area (Å²) in [4.78, 5) is 28.4. The highest BCUT2D eigenvalue weighted by atomic mass is 35.5. The number of carbonyl (C=O) groups is 2. The van der Waals surface area contributed by atoms with Crippen molar-refractivity contribution in [3.63, 3.8) is 0 Å². The summed E-state index contributed by atoms with van der Waals surface area (Å²) in [6, 6.07) is 8.08. The third-order valence-corrected chi connectivity index (χ3v) is 8.80. The average Bonchev–Trinajstić information content (AvgIpc) is 3.81. The number of hydrogen-bond acceptors (Lipinski definition) is 9. The van der Waals surface area contributed by atoms with Gasteiger partial charge in [-0.3, -0.25) is 14.6 Å². The van der Waals surface area contributed by atoms with Crippen LogP contribution in [0.1, 0.15) is 42.6 Å². The molecular formula is C30H30Cl2F2N2O8S. The normalized spacial score (nSPS) is 13.8. The molecule has 45 heavy (non-hydrogen) atoms. The second-order valence-corrected chi connectivity index (χ2v) is 12.9. The fourth-order valence-corrected chi connectivity index (χ4v) is 5.87. The number of Topliss-reactive ketones (excluding diaryl/α,β-unsaturated/α-hetero) is 1. The molecule has 1 aliphatic rings. The summed E-state index contributed by atoms with van der Waals surface area (Å²) in [5.74, 6) is -0.700. The molecule has 0 amide bonds. The predicted octanol–water partition coefficient (Wildman–Crippen LogP) is 5.72. The molecule has 1 saturated carbocycles. The van der Waals surface area contributed by atoms with E-state index >= 15 is 0 Å². The number of rotatable bonds is 16. The van der Waals surface area contributed by atoms with Gasteiger partial charge in [-0.15, -0.1) is 0 Å². The van der Waals surface area contributed by atoms with E-state index in [0.29, 0.717) is 28.4 Å². The summed E-state index contributed by atoms with van der Waals surface area (Å²) in [6.07, 6.45) is 3.39. The lowest BCUT2D eigenvalue weighted by Gasteiger charge is -2.22. The first kappa shape index (κ1) is 34.4. The molecule has 242 valence electrons. The van der Waals surface area contributed by atoms with Gasteiger partial charge in [0.25, 0.3) is 0 Å². The lowest BCUT2D eigenvalue weighted by Crippen LogP contribution is -2.31. The summed E-state index contributed by atoms with van der Waals surface area (Å²) >= 11 is 12.6. The lowest BCUT2D eigenvalue weighted by atomic mass is 10.0. The van der Waals surface area contributed by atoms with Crippen LogP contribution in [0.4, 0.5) is 8.78 Å². The quantitative estimate of drug-likeness (QED) is 0.188. The molecule has 3 aromatic rings. The van der Waals surface area contributed by atoms with Crippen molar-refractivity contribution in [3.05, 3.63) is 75.5 Å². The zero-order valence-corrected chi connectivity index (χ0v) is 26.6. The summed E-state index contributed by atoms with van der Waals surface area (Å²) in [6.45, 7) is -2.21. The minimum absolute atomic E-state index is 0.0224. The van der Waals surface area contributed by atoms with E-state index in [1.54, 1.807) is 0 Å². The van der Waals surface area contributed by atoms with E-state index < -0.39 is 35.3 Å². The van der Waals surface area contributed by atoms with Gasteiger partial charge in [-0.1, -0.05) is 29.3 Å². The van der Waals surface area contributed by atoms with E-state index in [2.05, 4.69) is 14.4 Å². The lowest BCUT2D eigenvalue weighted by molar-refractivity contribution is -0.148. The first-order valence-electron chi connectivity index (χ1n) is 13.7. The Balaban J connectivity index is 1.57. The Kier molecular flexibility index (Phi) is 11.6. The Labute approximate surface area is 269 Å². The van der Waals surface area contributed by atoms with Gasteiger partial charge in [0.1, 0.15) is 24.2 Å². The molecule has 1 aromatic heterocycles. The van der Waals surface area contributed by atoms with Crippen molar-refractivity contribution in [1.82, 2.24) is 9.71 Å². The number of benzene rings is 2. The topological polar surface area (TPSA) is 130 Å². The molecule has 1 aliphatic carbocycles. The summed E-state index contributed by atoms with van der Waals surface area (Å²) in [5.41, 5.74) is 1.07. The first-order valence-corrected chi connectivity index (χ1v) is 15.9. The second-order valence-electron chi connectivity index (χ2n) is 10.3. The average molecular weight is 688 g/mol. The molecule has 1 atom stereocenters. The van der Waals surface area contributed by atoms with Gasteiger partial charge in [0, 0.05) is 30.8 Å². The molecule has 0 saturated heterocycles. The molecule has 0 spiro atoms. The molecule has 10 nitrogen and oxygen atoms in total. The molecule has 0 bridgehead atoms. The van der Waals surface area contributed by atoms with Gasteiger partial charge in [0.2, 0.25) is 10.0 Å². The molecule has 1 N–H and O–H groups in total. The van der Waals surface area contributed by atoms with Gasteiger partial charge in [0.15, 0.2) is 11.5 Å². The number of ketones is 1. The number of hydrogen-bond donors (Lipinski definition) is 1. The van der Waals surface area contributed by atoms with Crippen LogP contribution in [-0.2, 0) is 37.2 Å². The summed E-state index contributed by atoms with van der Waals surface area (Å²) in [5, 5.41) is 0.376. The summed E-state index contributed by atoms with van der Waals surface area (Å²) in [7, 11) is -2.83. The summed E-state index contributed by atoms with van der Waals surface area (Å²) < 4.78 is 75.7. The fraction of sp³-hybridized carbons (Fsp3) is 0.367. The molecule has 1 heterocycles. The molecule has 2 aromatic carbocycles. The van der Waals surface area contributed by atoms with Gasteiger partial charge in [-0.05, 0) is 67.1 Å². The van der Waals surface area contributed by atoms with E-state index in [1.807, 2.05) is 0 Å². The number of halogens is 4. The van der Waals surface area contributed by atoms with Crippen molar-refractivity contribution in [2.75, 3.05) is 20.3 Å². The Morgan fingerprint density at radius 3 is 2.36 bits per heavy atom.